The first kappa shape index (κ1) is 11.1. The number of carbonyl (C=O) groups excluding carboxylic acids is 1. The second kappa shape index (κ2) is 4.25. The smallest absolute Gasteiger partial charge is 0.249 e. The Bertz CT molecular complexity index is 398. The van der Waals surface area contributed by atoms with Crippen LogP contribution in [-0.2, 0) is 22.6 Å². The number of amides is 1. The van der Waals surface area contributed by atoms with E-state index in [0.717, 1.165) is 11.4 Å². The molecule has 16 heavy (non-hydrogen) atoms. The maximum absolute atomic E-state index is 11.7. The van der Waals surface area contributed by atoms with Crippen molar-refractivity contribution in [2.24, 2.45) is 0 Å². The normalized spacial score (nSPS) is 14.6. The Labute approximate surface area is 94.8 Å². The van der Waals surface area contributed by atoms with E-state index in [2.05, 4.69) is 24.0 Å². The standard InChI is InChI=1S/C11H17N3O2/c1-7(2)11-8-4-14(10(15)6-16-3)5-9(8)12-13-11/h7H,4-6H2,1-3H3,(H,12,13). The highest BCUT2D eigenvalue weighted by Crippen LogP contribution is 2.27. The SMILES string of the molecule is COCC(=O)N1Cc2[nH]nc(C(C)C)c2C1. The van der Waals surface area contributed by atoms with Crippen molar-refractivity contribution in [1.82, 2.24) is 15.1 Å². The summed E-state index contributed by atoms with van der Waals surface area (Å²) in [5.74, 6) is 0.416. The molecule has 2 rings (SSSR count). The number of fused-ring (bicyclic) bond motifs is 1. The number of rotatable bonds is 3. The third kappa shape index (κ3) is 1.82. The highest BCUT2D eigenvalue weighted by molar-refractivity contribution is 5.78. The minimum Gasteiger partial charge on any atom is -0.375 e. The molecule has 0 fully saturated rings. The minimum atomic E-state index is 0.0295. The summed E-state index contributed by atoms with van der Waals surface area (Å²) in [5, 5.41) is 7.29. The van der Waals surface area contributed by atoms with Gasteiger partial charge >= 0.3 is 0 Å². The van der Waals surface area contributed by atoms with Gasteiger partial charge in [0.15, 0.2) is 0 Å². The molecule has 0 bridgehead atoms. The molecule has 0 aromatic carbocycles. The van der Waals surface area contributed by atoms with Crippen LogP contribution in [0, 0.1) is 0 Å². The molecular weight excluding hydrogens is 206 g/mol. The van der Waals surface area contributed by atoms with Gasteiger partial charge in [0.25, 0.3) is 0 Å². The fourth-order valence-electron chi connectivity index (χ4n) is 2.03. The Balaban J connectivity index is 2.12. The monoisotopic (exact) mass is 223 g/mol. The summed E-state index contributed by atoms with van der Waals surface area (Å²) >= 11 is 0. The lowest BCUT2D eigenvalue weighted by Gasteiger charge is -2.15. The van der Waals surface area contributed by atoms with Crippen LogP contribution in [0.25, 0.3) is 0 Å². The molecule has 1 amide bonds. The van der Waals surface area contributed by atoms with Crippen molar-refractivity contribution in [3.63, 3.8) is 0 Å². The number of H-pyrrole nitrogens is 1. The Morgan fingerprint density at radius 1 is 1.56 bits per heavy atom. The van der Waals surface area contributed by atoms with Crippen molar-refractivity contribution in [3.05, 3.63) is 17.0 Å². The molecule has 0 saturated heterocycles. The molecular formula is C11H17N3O2. The van der Waals surface area contributed by atoms with E-state index in [4.69, 9.17) is 4.74 Å². The second-order valence-corrected chi connectivity index (χ2v) is 4.40. The molecule has 1 aliphatic heterocycles. The number of hydrogen-bond donors (Lipinski definition) is 1. The lowest BCUT2D eigenvalue weighted by Crippen LogP contribution is -2.29. The molecule has 0 unspecified atom stereocenters. The van der Waals surface area contributed by atoms with Gasteiger partial charge in [0.2, 0.25) is 5.91 Å². The third-order valence-corrected chi connectivity index (χ3v) is 2.85. The van der Waals surface area contributed by atoms with Gasteiger partial charge in [-0.3, -0.25) is 9.89 Å². The summed E-state index contributed by atoms with van der Waals surface area (Å²) in [6, 6.07) is 0. The van der Waals surface area contributed by atoms with Crippen molar-refractivity contribution in [2.45, 2.75) is 32.9 Å². The number of carbonyl (C=O) groups is 1. The number of aromatic nitrogens is 2. The van der Waals surface area contributed by atoms with Crippen LogP contribution in [-0.4, -0.2) is 34.7 Å². The largest absolute Gasteiger partial charge is 0.375 e. The fourth-order valence-corrected chi connectivity index (χ4v) is 2.03. The highest BCUT2D eigenvalue weighted by Gasteiger charge is 2.28. The summed E-state index contributed by atoms with van der Waals surface area (Å²) < 4.78 is 4.85. The fraction of sp³-hybridized carbons (Fsp3) is 0.636. The molecule has 1 N–H and O–H groups in total. The number of aromatic amines is 1. The molecule has 0 radical (unpaired) electrons. The van der Waals surface area contributed by atoms with Crippen molar-refractivity contribution >= 4 is 5.91 Å². The van der Waals surface area contributed by atoms with Crippen LogP contribution >= 0.6 is 0 Å². The number of ether oxygens (including phenoxy) is 1. The van der Waals surface area contributed by atoms with Crippen molar-refractivity contribution < 1.29 is 9.53 Å². The van der Waals surface area contributed by atoms with Crippen LogP contribution in [0.3, 0.4) is 0 Å². The van der Waals surface area contributed by atoms with Gasteiger partial charge in [-0.15, -0.1) is 0 Å². The van der Waals surface area contributed by atoms with Gasteiger partial charge in [-0.1, -0.05) is 13.8 Å². The van der Waals surface area contributed by atoms with E-state index >= 15 is 0 Å². The average Bonchev–Trinajstić information content (AvgIpc) is 2.74. The quantitative estimate of drug-likeness (QED) is 0.832. The molecule has 0 aliphatic carbocycles. The van der Waals surface area contributed by atoms with E-state index in [9.17, 15) is 4.79 Å². The molecule has 2 heterocycles. The number of nitrogens with zero attached hydrogens (tertiary/aromatic N) is 2. The van der Waals surface area contributed by atoms with Gasteiger partial charge in [0, 0.05) is 19.2 Å². The Hall–Kier alpha value is -1.36. The van der Waals surface area contributed by atoms with Gasteiger partial charge in [0.1, 0.15) is 6.61 Å². The van der Waals surface area contributed by atoms with Gasteiger partial charge in [0.05, 0.1) is 17.9 Å². The number of methoxy groups -OCH3 is 1. The maximum atomic E-state index is 11.7. The average molecular weight is 223 g/mol. The van der Waals surface area contributed by atoms with Crippen LogP contribution in [0.2, 0.25) is 0 Å². The Morgan fingerprint density at radius 3 is 2.94 bits per heavy atom. The zero-order valence-corrected chi connectivity index (χ0v) is 9.91. The van der Waals surface area contributed by atoms with Crippen LogP contribution < -0.4 is 0 Å². The molecule has 0 spiro atoms. The van der Waals surface area contributed by atoms with Gasteiger partial charge in [-0.05, 0) is 5.92 Å². The first-order chi connectivity index (χ1) is 7.63. The third-order valence-electron chi connectivity index (χ3n) is 2.85. The van der Waals surface area contributed by atoms with E-state index in [1.165, 1.54) is 12.7 Å². The molecule has 88 valence electrons. The van der Waals surface area contributed by atoms with Crippen LogP contribution in [0.1, 0.15) is 36.7 Å². The van der Waals surface area contributed by atoms with E-state index in [-0.39, 0.29) is 12.5 Å². The van der Waals surface area contributed by atoms with Gasteiger partial charge in [-0.2, -0.15) is 5.10 Å². The van der Waals surface area contributed by atoms with Crippen molar-refractivity contribution in [2.75, 3.05) is 13.7 Å². The molecule has 5 nitrogen and oxygen atoms in total. The van der Waals surface area contributed by atoms with Crippen LogP contribution in [0.15, 0.2) is 0 Å². The van der Waals surface area contributed by atoms with Crippen LogP contribution in [0.4, 0.5) is 0 Å². The summed E-state index contributed by atoms with van der Waals surface area (Å²) in [7, 11) is 1.54. The zero-order chi connectivity index (χ0) is 11.7. The summed E-state index contributed by atoms with van der Waals surface area (Å²) in [5.41, 5.74) is 3.32. The predicted molar refractivity (Wildman–Crippen MR) is 58.8 cm³/mol. The molecule has 0 saturated carbocycles. The predicted octanol–water partition coefficient (Wildman–Crippen LogP) is 1.02. The minimum absolute atomic E-state index is 0.0295. The van der Waals surface area contributed by atoms with Crippen molar-refractivity contribution in [1.29, 1.82) is 0 Å². The van der Waals surface area contributed by atoms with E-state index in [1.807, 2.05) is 0 Å². The topological polar surface area (TPSA) is 58.2 Å². The number of hydrogen-bond acceptors (Lipinski definition) is 3. The molecule has 5 heteroatoms. The first-order valence-corrected chi connectivity index (χ1v) is 5.46. The lowest BCUT2D eigenvalue weighted by atomic mass is 10.1. The molecule has 0 atom stereocenters. The molecule has 1 aromatic heterocycles. The summed E-state index contributed by atoms with van der Waals surface area (Å²) in [6.07, 6.45) is 0. The second-order valence-electron chi connectivity index (χ2n) is 4.40. The van der Waals surface area contributed by atoms with Crippen LogP contribution in [0.5, 0.6) is 0 Å². The molecule has 1 aromatic rings. The van der Waals surface area contributed by atoms with E-state index < -0.39 is 0 Å². The number of nitrogens with one attached hydrogen (secondary N) is 1. The van der Waals surface area contributed by atoms with E-state index in [0.29, 0.717) is 19.0 Å². The van der Waals surface area contributed by atoms with E-state index in [1.54, 1.807) is 4.90 Å². The van der Waals surface area contributed by atoms with Gasteiger partial charge < -0.3 is 9.64 Å². The summed E-state index contributed by atoms with van der Waals surface area (Å²) in [6.45, 7) is 5.64. The van der Waals surface area contributed by atoms with Crippen molar-refractivity contribution in [3.8, 4) is 0 Å². The molecule has 1 aliphatic rings. The highest BCUT2D eigenvalue weighted by atomic mass is 16.5. The first-order valence-electron chi connectivity index (χ1n) is 5.46. The maximum Gasteiger partial charge on any atom is 0.249 e. The lowest BCUT2D eigenvalue weighted by molar-refractivity contribution is -0.135. The van der Waals surface area contributed by atoms with Gasteiger partial charge in [-0.25, -0.2) is 0 Å². The Morgan fingerprint density at radius 2 is 2.31 bits per heavy atom. The summed E-state index contributed by atoms with van der Waals surface area (Å²) in [4.78, 5) is 13.4. The Kier molecular flexibility index (Phi) is 2.96. The zero-order valence-electron chi connectivity index (χ0n) is 9.91.